The summed E-state index contributed by atoms with van der Waals surface area (Å²) in [5, 5.41) is 4.42. The minimum absolute atomic E-state index is 0.174. The fraction of sp³-hybridized carbons (Fsp3) is 0.158. The monoisotopic (exact) mass is 361 g/mol. The van der Waals surface area contributed by atoms with E-state index in [-0.39, 0.29) is 12.0 Å². The summed E-state index contributed by atoms with van der Waals surface area (Å²) in [4.78, 5) is 21.2. The number of amides is 2. The highest BCUT2D eigenvalue weighted by Crippen LogP contribution is 2.25. The lowest BCUT2D eigenvalue weighted by atomic mass is 10.2. The Kier molecular flexibility index (Phi) is 5.04. The molecule has 0 aliphatic rings. The second-order valence-corrected chi connectivity index (χ2v) is 6.05. The summed E-state index contributed by atoms with van der Waals surface area (Å²) < 4.78 is 1.76. The average Bonchev–Trinajstić information content (AvgIpc) is 3.11. The smallest absolute Gasteiger partial charge is 0.325 e. The van der Waals surface area contributed by atoms with Crippen molar-refractivity contribution in [2.45, 2.75) is 19.9 Å². The predicted molar refractivity (Wildman–Crippen MR) is 103 cm³/mol. The maximum atomic E-state index is 12.0. The molecule has 0 bridgehead atoms. The fourth-order valence-corrected chi connectivity index (χ4v) is 2.38. The number of carbonyl (C=O) groups is 1. The molecular formula is C19H19N7O. The van der Waals surface area contributed by atoms with Crippen molar-refractivity contribution in [2.75, 3.05) is 10.6 Å². The van der Waals surface area contributed by atoms with Gasteiger partial charge < -0.3 is 11.5 Å². The summed E-state index contributed by atoms with van der Waals surface area (Å²) >= 11 is 0. The molecule has 0 fully saturated rings. The van der Waals surface area contributed by atoms with Crippen LogP contribution in [-0.2, 0) is 0 Å². The Labute approximate surface area is 156 Å². The second kappa shape index (κ2) is 7.58. The van der Waals surface area contributed by atoms with Gasteiger partial charge in [-0.15, -0.1) is 0 Å². The molecule has 2 aromatic heterocycles. The van der Waals surface area contributed by atoms with Crippen LogP contribution in [0.25, 0.3) is 0 Å². The molecule has 3 rings (SSSR count). The van der Waals surface area contributed by atoms with E-state index < -0.39 is 6.03 Å². The zero-order valence-corrected chi connectivity index (χ0v) is 15.0. The number of carbonyl (C=O) groups excluding carboxylic acids is 1. The lowest BCUT2D eigenvalue weighted by molar-refractivity contribution is 0.256. The van der Waals surface area contributed by atoms with Crippen LogP contribution >= 0.6 is 0 Å². The van der Waals surface area contributed by atoms with Crippen LogP contribution in [0.2, 0.25) is 0 Å². The third-order valence-electron chi connectivity index (χ3n) is 3.70. The normalized spacial score (nSPS) is 10.3. The highest BCUT2D eigenvalue weighted by molar-refractivity contribution is 5.97. The van der Waals surface area contributed by atoms with E-state index in [0.717, 1.165) is 0 Å². The van der Waals surface area contributed by atoms with E-state index in [4.69, 9.17) is 11.5 Å². The first kappa shape index (κ1) is 17.9. The average molecular weight is 361 g/mol. The molecule has 4 N–H and O–H groups in total. The SMILES string of the molecule is CC(C)n1ccc(N(C(N)=O)c2cccc(C#Cc3cnc(N)nc3)c2)n1. The first-order valence-corrected chi connectivity index (χ1v) is 8.28. The molecular weight excluding hydrogens is 342 g/mol. The highest BCUT2D eigenvalue weighted by Gasteiger charge is 2.18. The first-order valence-electron chi connectivity index (χ1n) is 8.28. The van der Waals surface area contributed by atoms with Gasteiger partial charge >= 0.3 is 6.03 Å². The van der Waals surface area contributed by atoms with Gasteiger partial charge in [-0.1, -0.05) is 17.9 Å². The number of nitrogens with two attached hydrogens (primary N) is 2. The molecule has 136 valence electrons. The van der Waals surface area contributed by atoms with Gasteiger partial charge in [0.15, 0.2) is 5.82 Å². The van der Waals surface area contributed by atoms with Crippen molar-refractivity contribution >= 4 is 23.5 Å². The number of hydrogen-bond donors (Lipinski definition) is 2. The van der Waals surface area contributed by atoms with Gasteiger partial charge in [0.1, 0.15) is 0 Å². The molecule has 0 unspecified atom stereocenters. The summed E-state index contributed by atoms with van der Waals surface area (Å²) in [7, 11) is 0. The number of nitrogens with zero attached hydrogens (tertiary/aromatic N) is 5. The van der Waals surface area contributed by atoms with E-state index in [9.17, 15) is 4.79 Å². The summed E-state index contributed by atoms with van der Waals surface area (Å²) in [5.74, 6) is 6.62. The van der Waals surface area contributed by atoms with Crippen LogP contribution in [0.3, 0.4) is 0 Å². The molecule has 2 amide bonds. The van der Waals surface area contributed by atoms with Gasteiger partial charge in [0.25, 0.3) is 0 Å². The zero-order chi connectivity index (χ0) is 19.4. The second-order valence-electron chi connectivity index (χ2n) is 6.05. The highest BCUT2D eigenvalue weighted by atomic mass is 16.2. The fourth-order valence-electron chi connectivity index (χ4n) is 2.38. The maximum Gasteiger partial charge on any atom is 0.325 e. The minimum atomic E-state index is -0.624. The van der Waals surface area contributed by atoms with Crippen molar-refractivity contribution < 1.29 is 4.79 Å². The zero-order valence-electron chi connectivity index (χ0n) is 15.0. The molecule has 8 heteroatoms. The number of rotatable bonds is 3. The van der Waals surface area contributed by atoms with Crippen LogP contribution in [0, 0.1) is 11.8 Å². The van der Waals surface area contributed by atoms with Gasteiger partial charge in [0.2, 0.25) is 5.95 Å². The van der Waals surface area contributed by atoms with Crippen LogP contribution in [-0.4, -0.2) is 25.8 Å². The van der Waals surface area contributed by atoms with Crippen LogP contribution < -0.4 is 16.4 Å². The Balaban J connectivity index is 1.92. The number of hydrogen-bond acceptors (Lipinski definition) is 5. The molecule has 0 saturated carbocycles. The molecule has 0 radical (unpaired) electrons. The number of benzene rings is 1. The van der Waals surface area contributed by atoms with Crippen LogP contribution in [0.1, 0.15) is 31.0 Å². The molecule has 8 nitrogen and oxygen atoms in total. The van der Waals surface area contributed by atoms with Crippen molar-refractivity contribution in [2.24, 2.45) is 5.73 Å². The Hall–Kier alpha value is -3.86. The largest absolute Gasteiger partial charge is 0.368 e. The van der Waals surface area contributed by atoms with Crippen molar-refractivity contribution in [3.05, 3.63) is 60.0 Å². The van der Waals surface area contributed by atoms with Crippen LogP contribution in [0.15, 0.2) is 48.9 Å². The molecule has 0 aliphatic heterocycles. The van der Waals surface area contributed by atoms with Crippen molar-refractivity contribution in [3.63, 3.8) is 0 Å². The van der Waals surface area contributed by atoms with Crippen molar-refractivity contribution in [3.8, 4) is 11.8 Å². The Morgan fingerprint density at radius 3 is 2.48 bits per heavy atom. The molecule has 2 heterocycles. The Bertz CT molecular complexity index is 1010. The summed E-state index contributed by atoms with van der Waals surface area (Å²) in [6.45, 7) is 4.00. The van der Waals surface area contributed by atoms with E-state index in [1.54, 1.807) is 47.5 Å². The lowest BCUT2D eigenvalue weighted by Gasteiger charge is -2.18. The van der Waals surface area contributed by atoms with Gasteiger partial charge in [0.05, 0.1) is 11.3 Å². The minimum Gasteiger partial charge on any atom is -0.368 e. The predicted octanol–water partition coefficient (Wildman–Crippen LogP) is 2.45. The van der Waals surface area contributed by atoms with Crippen molar-refractivity contribution in [1.29, 1.82) is 0 Å². The van der Waals surface area contributed by atoms with Gasteiger partial charge in [-0.05, 0) is 32.0 Å². The van der Waals surface area contributed by atoms with Gasteiger partial charge in [0, 0.05) is 36.3 Å². The Morgan fingerprint density at radius 1 is 1.15 bits per heavy atom. The van der Waals surface area contributed by atoms with E-state index in [0.29, 0.717) is 22.6 Å². The summed E-state index contributed by atoms with van der Waals surface area (Å²) in [6.07, 6.45) is 4.90. The van der Waals surface area contributed by atoms with E-state index in [1.165, 1.54) is 4.90 Å². The third kappa shape index (κ3) is 4.22. The quantitative estimate of drug-likeness (QED) is 0.695. The standard InChI is InChI=1S/C19H19N7O/c1-13(2)25-9-8-17(24-25)26(19(21)27)16-5-3-4-14(10-16)6-7-15-11-22-18(20)23-12-15/h3-5,8-13H,1-2H3,(H2,21,27)(H2,20,22,23). The number of urea groups is 1. The first-order chi connectivity index (χ1) is 12.9. The summed E-state index contributed by atoms with van der Waals surface area (Å²) in [6, 6.07) is 8.47. The molecule has 1 aromatic carbocycles. The molecule has 0 saturated heterocycles. The molecule has 3 aromatic rings. The molecule has 0 atom stereocenters. The molecule has 27 heavy (non-hydrogen) atoms. The number of aromatic nitrogens is 4. The Morgan fingerprint density at radius 2 is 1.85 bits per heavy atom. The van der Waals surface area contributed by atoms with E-state index >= 15 is 0 Å². The van der Waals surface area contributed by atoms with Gasteiger partial charge in [-0.3, -0.25) is 4.68 Å². The lowest BCUT2D eigenvalue weighted by Crippen LogP contribution is -2.32. The molecule has 0 spiro atoms. The molecule has 0 aliphatic carbocycles. The maximum absolute atomic E-state index is 12.0. The van der Waals surface area contributed by atoms with Gasteiger partial charge in [-0.25, -0.2) is 19.7 Å². The summed E-state index contributed by atoms with van der Waals surface area (Å²) in [5.41, 5.74) is 13.0. The van der Waals surface area contributed by atoms with Crippen LogP contribution in [0.4, 0.5) is 22.2 Å². The number of nitrogen functional groups attached to an aromatic ring is 1. The van der Waals surface area contributed by atoms with Crippen molar-refractivity contribution in [1.82, 2.24) is 19.7 Å². The van der Waals surface area contributed by atoms with Gasteiger partial charge in [-0.2, -0.15) is 5.10 Å². The number of primary amides is 1. The van der Waals surface area contributed by atoms with E-state index in [2.05, 4.69) is 26.9 Å². The number of anilines is 3. The van der Waals surface area contributed by atoms with Crippen LogP contribution in [0.5, 0.6) is 0 Å². The topological polar surface area (TPSA) is 116 Å². The third-order valence-corrected chi connectivity index (χ3v) is 3.70. The van der Waals surface area contributed by atoms with E-state index in [1.807, 2.05) is 19.9 Å².